The molecule has 1 aliphatic heterocycles. The van der Waals surface area contributed by atoms with Gasteiger partial charge in [0.15, 0.2) is 23.1 Å². The molecule has 1 fully saturated rings. The second-order valence-corrected chi connectivity index (χ2v) is 6.82. The third kappa shape index (κ3) is 3.63. The Morgan fingerprint density at radius 1 is 1.26 bits per heavy atom. The highest BCUT2D eigenvalue weighted by atomic mass is 19.2. The molecule has 4 rings (SSSR count). The fourth-order valence-corrected chi connectivity index (χ4v) is 3.44. The average Bonchev–Trinajstić information content (AvgIpc) is 3.26. The van der Waals surface area contributed by atoms with Gasteiger partial charge in [-0.15, -0.1) is 0 Å². The molecular formula is C20H19F2N3O2. The van der Waals surface area contributed by atoms with E-state index in [0.29, 0.717) is 35.8 Å². The molecule has 1 amide bonds. The summed E-state index contributed by atoms with van der Waals surface area (Å²) in [6.45, 7) is 3.71. The molecular weight excluding hydrogens is 352 g/mol. The van der Waals surface area contributed by atoms with Crippen LogP contribution in [-0.2, 0) is 0 Å². The Morgan fingerprint density at radius 3 is 2.93 bits per heavy atom. The van der Waals surface area contributed by atoms with Gasteiger partial charge in [0, 0.05) is 43.9 Å². The van der Waals surface area contributed by atoms with Gasteiger partial charge in [-0.05, 0) is 42.7 Å². The Hall–Kier alpha value is -2.96. The van der Waals surface area contributed by atoms with E-state index < -0.39 is 11.6 Å². The minimum Gasteiger partial charge on any atom is -0.441 e. The maximum absolute atomic E-state index is 13.4. The van der Waals surface area contributed by atoms with Crippen LogP contribution in [0.3, 0.4) is 0 Å². The number of anilines is 1. The van der Waals surface area contributed by atoms with Gasteiger partial charge in [0.25, 0.3) is 5.91 Å². The van der Waals surface area contributed by atoms with Crippen molar-refractivity contribution in [2.45, 2.75) is 13.3 Å². The van der Waals surface area contributed by atoms with Crippen molar-refractivity contribution in [1.29, 1.82) is 0 Å². The highest BCUT2D eigenvalue weighted by Crippen LogP contribution is 2.25. The van der Waals surface area contributed by atoms with Crippen LogP contribution in [0.25, 0.3) is 11.1 Å². The average molecular weight is 371 g/mol. The van der Waals surface area contributed by atoms with Gasteiger partial charge >= 0.3 is 0 Å². The summed E-state index contributed by atoms with van der Waals surface area (Å²) in [5, 5.41) is 2.94. The number of nitrogens with one attached hydrogen (secondary N) is 1. The number of hydrogen-bond acceptors (Lipinski definition) is 4. The first kappa shape index (κ1) is 17.5. The van der Waals surface area contributed by atoms with Crippen LogP contribution in [0, 0.1) is 24.5 Å². The third-order valence-corrected chi connectivity index (χ3v) is 4.86. The lowest BCUT2D eigenvalue weighted by Gasteiger charge is -2.19. The van der Waals surface area contributed by atoms with Gasteiger partial charge in [-0.1, -0.05) is 0 Å². The lowest BCUT2D eigenvalue weighted by Crippen LogP contribution is -2.31. The predicted octanol–water partition coefficient (Wildman–Crippen LogP) is 3.67. The first-order valence-electron chi connectivity index (χ1n) is 8.85. The Labute approximate surface area is 155 Å². The summed E-state index contributed by atoms with van der Waals surface area (Å²) in [5.74, 6) is -1.05. The molecule has 140 valence electrons. The van der Waals surface area contributed by atoms with Crippen molar-refractivity contribution in [2.75, 3.05) is 24.5 Å². The van der Waals surface area contributed by atoms with Crippen molar-refractivity contribution in [2.24, 2.45) is 5.92 Å². The highest BCUT2D eigenvalue weighted by molar-refractivity contribution is 5.97. The van der Waals surface area contributed by atoms with E-state index in [2.05, 4.69) is 10.3 Å². The summed E-state index contributed by atoms with van der Waals surface area (Å²) >= 11 is 0. The van der Waals surface area contributed by atoms with Crippen LogP contribution >= 0.6 is 0 Å². The smallest absolute Gasteiger partial charge is 0.251 e. The largest absolute Gasteiger partial charge is 0.441 e. The summed E-state index contributed by atoms with van der Waals surface area (Å²) in [4.78, 5) is 18.6. The third-order valence-electron chi connectivity index (χ3n) is 4.86. The number of carbonyl (C=O) groups excluding carboxylic acids is 1. The summed E-state index contributed by atoms with van der Waals surface area (Å²) in [7, 11) is 0. The molecule has 2 heterocycles. The van der Waals surface area contributed by atoms with Crippen molar-refractivity contribution < 1.29 is 18.0 Å². The predicted molar refractivity (Wildman–Crippen MR) is 97.8 cm³/mol. The van der Waals surface area contributed by atoms with Gasteiger partial charge in [0.05, 0.1) is 0 Å². The molecule has 1 atom stereocenters. The molecule has 3 aromatic rings. The molecule has 0 spiro atoms. The van der Waals surface area contributed by atoms with Crippen LogP contribution in [0.1, 0.15) is 22.7 Å². The minimum absolute atomic E-state index is 0.169. The Morgan fingerprint density at radius 2 is 2.11 bits per heavy atom. The maximum Gasteiger partial charge on any atom is 0.251 e. The zero-order valence-corrected chi connectivity index (χ0v) is 14.8. The molecule has 1 unspecified atom stereocenters. The van der Waals surface area contributed by atoms with Crippen LogP contribution < -0.4 is 10.2 Å². The van der Waals surface area contributed by atoms with E-state index in [-0.39, 0.29) is 11.8 Å². The summed E-state index contributed by atoms with van der Waals surface area (Å²) in [5.41, 5.74) is 2.50. The van der Waals surface area contributed by atoms with Gasteiger partial charge in [0.2, 0.25) is 0 Å². The summed E-state index contributed by atoms with van der Waals surface area (Å²) in [6.07, 6.45) is 0.875. The monoisotopic (exact) mass is 371 g/mol. The molecule has 0 saturated carbocycles. The number of benzene rings is 2. The number of carbonyl (C=O) groups is 1. The minimum atomic E-state index is -0.847. The van der Waals surface area contributed by atoms with Crippen LogP contribution in [0.5, 0.6) is 0 Å². The van der Waals surface area contributed by atoms with Crippen LogP contribution in [-0.4, -0.2) is 30.5 Å². The van der Waals surface area contributed by atoms with Crippen molar-refractivity contribution >= 4 is 22.7 Å². The van der Waals surface area contributed by atoms with E-state index in [1.54, 1.807) is 31.2 Å². The molecule has 0 bridgehead atoms. The Kier molecular flexibility index (Phi) is 4.51. The standard InChI is InChI=1S/C20H19F2N3O2/c1-12-24-18-5-2-14(8-19(18)27-12)20(26)23-10-13-6-7-25(11-13)15-3-4-16(21)17(22)9-15/h2-5,8-9,13H,6-7,10-11H2,1H3,(H,23,26). The molecule has 1 aromatic heterocycles. The fraction of sp³-hybridized carbons (Fsp3) is 0.300. The normalized spacial score (nSPS) is 16.9. The van der Waals surface area contributed by atoms with E-state index >= 15 is 0 Å². The molecule has 5 nitrogen and oxygen atoms in total. The van der Waals surface area contributed by atoms with Crippen molar-refractivity contribution in [1.82, 2.24) is 10.3 Å². The second kappa shape index (κ2) is 6.98. The molecule has 1 N–H and O–H groups in total. The van der Waals surface area contributed by atoms with E-state index in [4.69, 9.17) is 4.42 Å². The molecule has 1 aliphatic rings. The number of amides is 1. The van der Waals surface area contributed by atoms with Crippen LogP contribution in [0.15, 0.2) is 40.8 Å². The second-order valence-electron chi connectivity index (χ2n) is 6.82. The summed E-state index contributed by atoms with van der Waals surface area (Å²) in [6, 6.07) is 9.11. The van der Waals surface area contributed by atoms with Crippen LogP contribution in [0.2, 0.25) is 0 Å². The first-order chi connectivity index (χ1) is 13.0. The number of halogens is 2. The highest BCUT2D eigenvalue weighted by Gasteiger charge is 2.24. The molecule has 27 heavy (non-hydrogen) atoms. The lowest BCUT2D eigenvalue weighted by atomic mass is 10.1. The van der Waals surface area contributed by atoms with Crippen LogP contribution in [0.4, 0.5) is 14.5 Å². The number of hydrogen-bond donors (Lipinski definition) is 1. The molecule has 0 radical (unpaired) electrons. The number of rotatable bonds is 4. The van der Waals surface area contributed by atoms with Gasteiger partial charge in [0.1, 0.15) is 5.52 Å². The summed E-state index contributed by atoms with van der Waals surface area (Å²) < 4.78 is 32.0. The molecule has 7 heteroatoms. The molecule has 2 aromatic carbocycles. The SMILES string of the molecule is Cc1nc2ccc(C(=O)NCC3CCN(c4ccc(F)c(F)c4)C3)cc2o1. The van der Waals surface area contributed by atoms with E-state index in [1.165, 1.54) is 6.07 Å². The number of oxazole rings is 1. The zero-order valence-electron chi connectivity index (χ0n) is 14.8. The Balaban J connectivity index is 1.35. The van der Waals surface area contributed by atoms with E-state index in [1.807, 2.05) is 4.90 Å². The number of fused-ring (bicyclic) bond motifs is 1. The number of aryl methyl sites for hydroxylation is 1. The van der Waals surface area contributed by atoms with Crippen molar-refractivity contribution in [3.63, 3.8) is 0 Å². The Bertz CT molecular complexity index is 1000. The van der Waals surface area contributed by atoms with Crippen molar-refractivity contribution in [3.8, 4) is 0 Å². The topological polar surface area (TPSA) is 58.4 Å². The lowest BCUT2D eigenvalue weighted by molar-refractivity contribution is 0.0948. The van der Waals surface area contributed by atoms with E-state index in [0.717, 1.165) is 24.5 Å². The maximum atomic E-state index is 13.4. The molecule has 1 saturated heterocycles. The van der Waals surface area contributed by atoms with Gasteiger partial charge in [-0.2, -0.15) is 0 Å². The van der Waals surface area contributed by atoms with E-state index in [9.17, 15) is 13.6 Å². The molecule has 0 aliphatic carbocycles. The van der Waals surface area contributed by atoms with Gasteiger partial charge in [-0.3, -0.25) is 4.79 Å². The fourth-order valence-electron chi connectivity index (χ4n) is 3.44. The van der Waals surface area contributed by atoms with Gasteiger partial charge in [-0.25, -0.2) is 13.8 Å². The van der Waals surface area contributed by atoms with Gasteiger partial charge < -0.3 is 14.6 Å². The quantitative estimate of drug-likeness (QED) is 0.760. The number of aromatic nitrogens is 1. The zero-order chi connectivity index (χ0) is 19.0. The first-order valence-corrected chi connectivity index (χ1v) is 8.85. The number of nitrogens with zero attached hydrogens (tertiary/aromatic N) is 2. The van der Waals surface area contributed by atoms with Crippen molar-refractivity contribution in [3.05, 3.63) is 59.5 Å².